The van der Waals surface area contributed by atoms with Crippen LogP contribution in [-0.4, -0.2) is 98.0 Å². The van der Waals surface area contributed by atoms with Crippen molar-refractivity contribution in [2.45, 2.75) is 67.9 Å². The van der Waals surface area contributed by atoms with Gasteiger partial charge in [0.1, 0.15) is 52.5 Å². The lowest BCUT2D eigenvalue weighted by Crippen LogP contribution is -2.38. The van der Waals surface area contributed by atoms with E-state index in [-0.39, 0.29) is 23.5 Å². The third kappa shape index (κ3) is 23.2. The molecule has 368 valence electrons. The van der Waals surface area contributed by atoms with E-state index in [1.165, 1.54) is 11.3 Å². The number of amides is 1. The number of Topliss-reactive ketones (excluding diaryl/α,β-unsaturated/α-hetero) is 1. The molecule has 0 bridgehead atoms. The third-order valence-electron chi connectivity index (χ3n) is 8.41. The molecule has 0 aliphatic rings. The summed E-state index contributed by atoms with van der Waals surface area (Å²) >= 11 is 8.43. The molecule has 0 unspecified atom stereocenters. The van der Waals surface area contributed by atoms with Crippen LogP contribution in [0.3, 0.4) is 0 Å². The Morgan fingerprint density at radius 2 is 1.31 bits per heavy atom. The maximum atomic E-state index is 12.8. The second kappa shape index (κ2) is 33.9. The molecule has 5 rings (SSSR count). The van der Waals surface area contributed by atoms with Gasteiger partial charge < -0.3 is 50.3 Å². The number of ketones is 2. The quantitative estimate of drug-likeness (QED) is 0.0164. The summed E-state index contributed by atoms with van der Waals surface area (Å²) in [6.07, 6.45) is -0.313. The number of halogens is 1. The van der Waals surface area contributed by atoms with Crippen LogP contribution in [0.15, 0.2) is 97.1 Å². The molecule has 5 aromatic rings. The van der Waals surface area contributed by atoms with Crippen molar-refractivity contribution in [2.75, 3.05) is 81.2 Å². The largest absolute Gasteiger partial charge is 0.497 e. The summed E-state index contributed by atoms with van der Waals surface area (Å²) < 4.78 is 26.8. The zero-order chi connectivity index (χ0) is 50.2. The van der Waals surface area contributed by atoms with E-state index >= 15 is 0 Å². The second-order valence-corrected chi connectivity index (χ2v) is 16.1. The lowest BCUT2D eigenvalue weighted by Gasteiger charge is -2.26. The Morgan fingerprint density at radius 3 is 1.82 bits per heavy atom. The van der Waals surface area contributed by atoms with Gasteiger partial charge in [0.25, 0.3) is 0 Å². The normalized spacial score (nSPS) is 10.0. The van der Waals surface area contributed by atoms with Gasteiger partial charge in [0.2, 0.25) is 5.78 Å². The van der Waals surface area contributed by atoms with Crippen LogP contribution in [0.2, 0.25) is 0 Å². The Labute approximate surface area is 416 Å². The van der Waals surface area contributed by atoms with Gasteiger partial charge in [-0.2, -0.15) is 12.6 Å². The minimum Gasteiger partial charge on any atom is -0.497 e. The van der Waals surface area contributed by atoms with E-state index in [1.54, 1.807) is 61.6 Å². The van der Waals surface area contributed by atoms with E-state index in [9.17, 15) is 14.4 Å². The van der Waals surface area contributed by atoms with Crippen LogP contribution < -0.4 is 40.6 Å². The van der Waals surface area contributed by atoms with Crippen LogP contribution in [0.5, 0.6) is 23.0 Å². The van der Waals surface area contributed by atoms with Crippen molar-refractivity contribution in [3.63, 3.8) is 0 Å². The molecule has 4 aromatic carbocycles. The number of carbonyl (C=O) groups is 3. The van der Waals surface area contributed by atoms with Crippen molar-refractivity contribution < 1.29 is 38.1 Å². The van der Waals surface area contributed by atoms with Crippen LogP contribution in [-0.2, 0) is 4.74 Å². The monoisotopic (exact) mass is 1030 g/mol. The molecule has 1 amide bonds. The first kappa shape index (κ1) is 59.5. The number of nitrogens with zero attached hydrogens (tertiary/aromatic N) is 2. The number of alkyl halides is 1. The maximum Gasteiger partial charge on any atom is 0.410 e. The standard InChI is InChI=1S/C21H24N4O3S.C16H26N2O3S.C9H9BrO2.2C2H6/c1-3-23-11-12-28-16-9-7-15(8-10-16)24-21-25-20(22)19(29-21)18(26)14-5-4-6-17(13-14)27-2;1-5-18(15(19)21-16(2,3)4)10-11-20-14-8-6-13(7-9-14)17-12-22;1-12-8-4-2-3-7(5-8)9(11)6-10;2*1-2/h4-10,13,23H,3,11-12,22H2,1-2H3,(H,24,25);6-9,17,22H,5,10-12H2,1-4H3;2-5H,6H2,1H3;2*1-2H3. The molecular formula is C50H71BrN6O8S2. The van der Waals surface area contributed by atoms with Gasteiger partial charge in [-0.15, -0.1) is 0 Å². The number of carbonyl (C=O) groups excluding carboxylic acids is 3. The van der Waals surface area contributed by atoms with Gasteiger partial charge in [0.05, 0.1) is 32.0 Å². The molecule has 1 heterocycles. The number of nitrogens with two attached hydrogens (primary N) is 1. The van der Waals surface area contributed by atoms with Gasteiger partial charge in [0.15, 0.2) is 10.9 Å². The number of hydrogen-bond acceptors (Lipinski definition) is 15. The average molecular weight is 1030 g/mol. The molecule has 67 heavy (non-hydrogen) atoms. The summed E-state index contributed by atoms with van der Waals surface area (Å²) in [6, 6.07) is 29.2. The van der Waals surface area contributed by atoms with E-state index in [2.05, 4.69) is 56.4 Å². The summed E-state index contributed by atoms with van der Waals surface area (Å²) in [4.78, 5) is 42.2. The number of anilines is 4. The Kier molecular flexibility index (Phi) is 30.1. The van der Waals surface area contributed by atoms with Crippen molar-refractivity contribution in [1.29, 1.82) is 0 Å². The number of hydrogen-bond donors (Lipinski definition) is 5. The van der Waals surface area contributed by atoms with E-state index in [1.807, 2.05) is 110 Å². The lowest BCUT2D eigenvalue weighted by molar-refractivity contribution is 0.0237. The average Bonchev–Trinajstić information content (AvgIpc) is 3.72. The molecule has 0 fully saturated rings. The Hall–Kier alpha value is -5.49. The number of nitrogens with one attached hydrogen (secondary N) is 3. The minimum atomic E-state index is -0.485. The predicted octanol–water partition coefficient (Wildman–Crippen LogP) is 11.6. The van der Waals surface area contributed by atoms with Gasteiger partial charge in [-0.25, -0.2) is 9.78 Å². The fraction of sp³-hybridized carbons (Fsp3) is 0.400. The van der Waals surface area contributed by atoms with Crippen LogP contribution in [0.25, 0.3) is 0 Å². The Balaban J connectivity index is 0.000000520. The summed E-state index contributed by atoms with van der Waals surface area (Å²) in [5.41, 5.74) is 8.50. The highest BCUT2D eigenvalue weighted by Gasteiger charge is 2.21. The molecule has 0 spiro atoms. The van der Waals surface area contributed by atoms with Crippen molar-refractivity contribution in [2.24, 2.45) is 0 Å². The van der Waals surface area contributed by atoms with Gasteiger partial charge in [-0.05, 0) is 107 Å². The Bertz CT molecular complexity index is 2150. The third-order valence-corrected chi connectivity index (χ3v) is 10.1. The van der Waals surface area contributed by atoms with Crippen LogP contribution >= 0.6 is 39.9 Å². The number of aromatic nitrogens is 1. The first-order chi connectivity index (χ1) is 32.2. The molecule has 5 N–H and O–H groups in total. The van der Waals surface area contributed by atoms with Crippen LogP contribution in [0.4, 0.5) is 27.1 Å². The molecule has 0 atom stereocenters. The van der Waals surface area contributed by atoms with E-state index in [4.69, 9.17) is 29.4 Å². The zero-order valence-electron chi connectivity index (χ0n) is 40.9. The number of thiazole rings is 1. The highest BCUT2D eigenvalue weighted by atomic mass is 79.9. The number of rotatable bonds is 20. The van der Waals surface area contributed by atoms with E-state index in [0.29, 0.717) is 70.1 Å². The van der Waals surface area contributed by atoms with E-state index in [0.717, 1.165) is 36.0 Å². The molecular weight excluding hydrogens is 957 g/mol. The molecule has 0 aliphatic heterocycles. The second-order valence-electron chi connectivity index (χ2n) is 14.2. The fourth-order valence-corrected chi connectivity index (χ4v) is 6.61. The number of thiol groups is 1. The van der Waals surface area contributed by atoms with Crippen molar-refractivity contribution in [1.82, 2.24) is 15.2 Å². The number of ether oxygens (including phenoxy) is 5. The lowest BCUT2D eigenvalue weighted by atomic mass is 10.1. The highest BCUT2D eigenvalue weighted by molar-refractivity contribution is 9.09. The van der Waals surface area contributed by atoms with Gasteiger partial charge >= 0.3 is 6.09 Å². The number of benzene rings is 4. The predicted molar refractivity (Wildman–Crippen MR) is 283 cm³/mol. The van der Waals surface area contributed by atoms with E-state index < -0.39 is 5.60 Å². The van der Waals surface area contributed by atoms with Gasteiger partial charge in [0, 0.05) is 35.6 Å². The number of methoxy groups -OCH3 is 2. The smallest absolute Gasteiger partial charge is 0.410 e. The fourth-order valence-electron chi connectivity index (χ4n) is 5.23. The SMILES string of the molecule is CC.CC.CCN(CCOc1ccc(NCS)cc1)C(=O)OC(C)(C)C.CCNCCOc1ccc(Nc2nc(N)c(C(=O)c3cccc(OC)c3)s2)cc1.COc1cccc(C(=O)CBr)c1. The van der Waals surface area contributed by atoms with Crippen molar-refractivity contribution in [3.05, 3.63) is 113 Å². The molecule has 1 aromatic heterocycles. The first-order valence-corrected chi connectivity index (χ1v) is 24.7. The maximum absolute atomic E-state index is 12.8. The first-order valence-electron chi connectivity index (χ1n) is 22.2. The minimum absolute atomic E-state index is 0.0638. The van der Waals surface area contributed by atoms with Crippen molar-refractivity contribution in [3.8, 4) is 23.0 Å². The van der Waals surface area contributed by atoms with Gasteiger partial charge in [-0.3, -0.25) is 9.59 Å². The molecule has 17 heteroatoms. The number of nitrogen functional groups attached to an aromatic ring is 1. The molecule has 0 radical (unpaired) electrons. The summed E-state index contributed by atoms with van der Waals surface area (Å²) in [7, 11) is 3.14. The zero-order valence-corrected chi connectivity index (χ0v) is 44.2. The molecule has 14 nitrogen and oxygen atoms in total. The molecule has 0 saturated carbocycles. The summed E-state index contributed by atoms with van der Waals surface area (Å²) in [6.45, 7) is 21.4. The Morgan fingerprint density at radius 1 is 0.776 bits per heavy atom. The van der Waals surface area contributed by atoms with Crippen molar-refractivity contribution >= 4 is 79.9 Å². The molecule has 0 saturated heterocycles. The topological polar surface area (TPSA) is 176 Å². The summed E-state index contributed by atoms with van der Waals surface area (Å²) in [5.74, 6) is 3.55. The van der Waals surface area contributed by atoms with Gasteiger partial charge in [-0.1, -0.05) is 86.2 Å². The number of likely N-dealkylation sites (N-methyl/N-ethyl adjacent to an activating group) is 2. The highest BCUT2D eigenvalue weighted by Crippen LogP contribution is 2.31. The summed E-state index contributed by atoms with van der Waals surface area (Å²) in [5, 5.41) is 10.4. The van der Waals surface area contributed by atoms with Crippen LogP contribution in [0.1, 0.15) is 87.9 Å². The molecule has 0 aliphatic carbocycles. The van der Waals surface area contributed by atoms with Crippen LogP contribution in [0, 0.1) is 0 Å².